The van der Waals surface area contributed by atoms with E-state index in [2.05, 4.69) is 25.9 Å². The van der Waals surface area contributed by atoms with Gasteiger partial charge in [-0.15, -0.1) is 0 Å². The van der Waals surface area contributed by atoms with Crippen molar-refractivity contribution in [1.29, 1.82) is 0 Å². The van der Waals surface area contributed by atoms with Crippen LogP contribution in [0.5, 0.6) is 0 Å². The van der Waals surface area contributed by atoms with Crippen molar-refractivity contribution in [1.82, 2.24) is 9.97 Å². The van der Waals surface area contributed by atoms with E-state index < -0.39 is 6.29 Å². The van der Waals surface area contributed by atoms with Crippen LogP contribution in [0, 0.1) is 0 Å². The van der Waals surface area contributed by atoms with Crippen LogP contribution in [0.15, 0.2) is 16.9 Å². The molecule has 0 amide bonds. The Hall–Kier alpha value is -0.520. The third-order valence-corrected chi connectivity index (χ3v) is 1.69. The molecule has 1 aromatic rings. The second-order valence-corrected chi connectivity index (χ2v) is 2.98. The zero-order valence-electron chi connectivity index (χ0n) is 6.82. The number of aromatic nitrogens is 2. The summed E-state index contributed by atoms with van der Waals surface area (Å²) in [5, 5.41) is 0. The predicted octanol–water partition coefficient (Wildman–Crippen LogP) is 1.53. The summed E-state index contributed by atoms with van der Waals surface area (Å²) in [6.07, 6.45) is 2.80. The Labute approximate surface area is 79.1 Å². The minimum Gasteiger partial charge on any atom is -0.349 e. The molecule has 0 aliphatic carbocycles. The molecule has 0 saturated heterocycles. The Balaban J connectivity index is 2.80. The second-order valence-electron chi connectivity index (χ2n) is 2.06. The monoisotopic (exact) mass is 232 g/mol. The van der Waals surface area contributed by atoms with E-state index in [4.69, 9.17) is 9.47 Å². The molecule has 0 atom stereocenters. The zero-order chi connectivity index (χ0) is 8.97. The molecule has 1 rings (SSSR count). The van der Waals surface area contributed by atoms with Crippen molar-refractivity contribution in [3.63, 3.8) is 0 Å². The molecule has 0 bridgehead atoms. The summed E-state index contributed by atoms with van der Waals surface area (Å²) < 4.78 is 10.8. The first-order chi connectivity index (χ1) is 5.77. The van der Waals surface area contributed by atoms with Gasteiger partial charge < -0.3 is 9.47 Å². The van der Waals surface area contributed by atoms with Gasteiger partial charge in [-0.2, -0.15) is 0 Å². The average Bonchev–Trinajstić information content (AvgIpc) is 2.10. The molecule has 66 valence electrons. The van der Waals surface area contributed by atoms with E-state index in [-0.39, 0.29) is 0 Å². The quantitative estimate of drug-likeness (QED) is 0.742. The first-order valence-corrected chi connectivity index (χ1v) is 4.10. The van der Waals surface area contributed by atoms with Crippen LogP contribution in [-0.2, 0) is 9.47 Å². The van der Waals surface area contributed by atoms with Crippen LogP contribution in [0.25, 0.3) is 0 Å². The molecule has 1 heterocycles. The van der Waals surface area contributed by atoms with Crippen LogP contribution in [-0.4, -0.2) is 24.2 Å². The minimum absolute atomic E-state index is 0.488. The maximum atomic E-state index is 4.96. The molecule has 0 aromatic carbocycles. The number of methoxy groups -OCH3 is 2. The van der Waals surface area contributed by atoms with Crippen LogP contribution in [0.1, 0.15) is 12.1 Å². The molecule has 4 nitrogen and oxygen atoms in total. The van der Waals surface area contributed by atoms with Gasteiger partial charge in [0.15, 0.2) is 5.82 Å². The Morgan fingerprint density at radius 2 is 1.75 bits per heavy atom. The first kappa shape index (κ1) is 9.57. The maximum absolute atomic E-state index is 4.96. The van der Waals surface area contributed by atoms with E-state index in [9.17, 15) is 0 Å². The summed E-state index contributed by atoms with van der Waals surface area (Å²) in [5.74, 6) is 0.517. The molecular weight excluding hydrogens is 224 g/mol. The van der Waals surface area contributed by atoms with Crippen molar-refractivity contribution in [3.05, 3.63) is 22.7 Å². The first-order valence-electron chi connectivity index (χ1n) is 3.31. The standard InChI is InChI=1S/C7H9BrN2O2/c1-11-7(12-2)6-9-3-5(8)4-10-6/h3-4,7H,1-2H3. The summed E-state index contributed by atoms with van der Waals surface area (Å²) in [7, 11) is 3.08. The van der Waals surface area contributed by atoms with Crippen LogP contribution >= 0.6 is 15.9 Å². The summed E-state index contributed by atoms with van der Waals surface area (Å²) in [6.45, 7) is 0. The molecule has 12 heavy (non-hydrogen) atoms. The highest BCUT2D eigenvalue weighted by Gasteiger charge is 2.10. The van der Waals surface area contributed by atoms with Gasteiger partial charge in [-0.1, -0.05) is 0 Å². The van der Waals surface area contributed by atoms with Crippen molar-refractivity contribution in [2.75, 3.05) is 14.2 Å². The van der Waals surface area contributed by atoms with Crippen LogP contribution in [0.4, 0.5) is 0 Å². The smallest absolute Gasteiger partial charge is 0.218 e. The molecular formula is C7H9BrN2O2. The highest BCUT2D eigenvalue weighted by atomic mass is 79.9. The summed E-state index contributed by atoms with van der Waals surface area (Å²) in [6, 6.07) is 0. The van der Waals surface area contributed by atoms with Gasteiger partial charge >= 0.3 is 0 Å². The van der Waals surface area contributed by atoms with E-state index in [1.54, 1.807) is 26.6 Å². The van der Waals surface area contributed by atoms with Gasteiger partial charge in [0.05, 0.1) is 4.47 Å². The Morgan fingerprint density at radius 3 is 2.17 bits per heavy atom. The fraction of sp³-hybridized carbons (Fsp3) is 0.429. The number of hydrogen-bond acceptors (Lipinski definition) is 4. The number of hydrogen-bond donors (Lipinski definition) is 0. The topological polar surface area (TPSA) is 44.2 Å². The predicted molar refractivity (Wildman–Crippen MR) is 46.5 cm³/mol. The fourth-order valence-corrected chi connectivity index (χ4v) is 0.956. The van der Waals surface area contributed by atoms with Gasteiger partial charge in [-0.3, -0.25) is 0 Å². The Bertz CT molecular complexity index is 236. The Kier molecular flexibility index (Phi) is 3.58. The third kappa shape index (κ3) is 2.23. The zero-order valence-corrected chi connectivity index (χ0v) is 8.41. The molecule has 0 radical (unpaired) electrons. The average molecular weight is 233 g/mol. The van der Waals surface area contributed by atoms with Crippen LogP contribution in [0.2, 0.25) is 0 Å². The van der Waals surface area contributed by atoms with Gasteiger partial charge in [0.25, 0.3) is 0 Å². The molecule has 0 unspecified atom stereocenters. The van der Waals surface area contributed by atoms with E-state index in [1.165, 1.54) is 0 Å². The highest BCUT2D eigenvalue weighted by molar-refractivity contribution is 9.10. The third-order valence-electron chi connectivity index (χ3n) is 1.28. The van der Waals surface area contributed by atoms with E-state index in [0.717, 1.165) is 4.47 Å². The fourth-order valence-electron chi connectivity index (χ4n) is 0.751. The molecule has 0 fully saturated rings. The lowest BCUT2D eigenvalue weighted by Gasteiger charge is -2.10. The summed E-state index contributed by atoms with van der Waals surface area (Å²) in [5.41, 5.74) is 0. The molecule has 0 N–H and O–H groups in total. The van der Waals surface area contributed by atoms with Crippen molar-refractivity contribution < 1.29 is 9.47 Å². The molecule has 0 saturated carbocycles. The molecule has 0 spiro atoms. The van der Waals surface area contributed by atoms with E-state index >= 15 is 0 Å². The number of ether oxygens (including phenoxy) is 2. The lowest BCUT2D eigenvalue weighted by Crippen LogP contribution is -2.07. The van der Waals surface area contributed by atoms with Crippen molar-refractivity contribution in [3.8, 4) is 0 Å². The maximum Gasteiger partial charge on any atom is 0.218 e. The number of halogens is 1. The van der Waals surface area contributed by atoms with Crippen molar-refractivity contribution in [2.24, 2.45) is 0 Å². The second kappa shape index (κ2) is 4.49. The molecule has 0 aliphatic heterocycles. The molecule has 0 aliphatic rings. The van der Waals surface area contributed by atoms with Gasteiger partial charge in [0.2, 0.25) is 6.29 Å². The lowest BCUT2D eigenvalue weighted by molar-refractivity contribution is -0.111. The van der Waals surface area contributed by atoms with E-state index in [1.807, 2.05) is 0 Å². The van der Waals surface area contributed by atoms with Crippen molar-refractivity contribution >= 4 is 15.9 Å². The van der Waals surface area contributed by atoms with Gasteiger partial charge in [-0.05, 0) is 15.9 Å². The summed E-state index contributed by atoms with van der Waals surface area (Å²) in [4.78, 5) is 8.02. The molecule has 1 aromatic heterocycles. The Morgan fingerprint density at radius 1 is 1.25 bits per heavy atom. The minimum atomic E-state index is -0.488. The van der Waals surface area contributed by atoms with Crippen LogP contribution in [0.3, 0.4) is 0 Å². The van der Waals surface area contributed by atoms with Gasteiger partial charge in [-0.25, -0.2) is 9.97 Å². The van der Waals surface area contributed by atoms with Gasteiger partial charge in [0, 0.05) is 26.6 Å². The van der Waals surface area contributed by atoms with E-state index in [0.29, 0.717) is 5.82 Å². The summed E-state index contributed by atoms with van der Waals surface area (Å²) >= 11 is 3.23. The molecule has 5 heteroatoms. The number of rotatable bonds is 3. The highest BCUT2D eigenvalue weighted by Crippen LogP contribution is 2.13. The number of nitrogens with zero attached hydrogens (tertiary/aromatic N) is 2. The van der Waals surface area contributed by atoms with Crippen molar-refractivity contribution in [2.45, 2.75) is 6.29 Å². The lowest BCUT2D eigenvalue weighted by atomic mass is 10.5. The van der Waals surface area contributed by atoms with Gasteiger partial charge in [0.1, 0.15) is 0 Å². The largest absolute Gasteiger partial charge is 0.349 e. The normalized spacial score (nSPS) is 10.7. The van der Waals surface area contributed by atoms with Crippen LogP contribution < -0.4 is 0 Å². The SMILES string of the molecule is COC(OC)c1ncc(Br)cn1.